The van der Waals surface area contributed by atoms with Crippen molar-refractivity contribution in [3.8, 4) is 0 Å². The highest BCUT2D eigenvalue weighted by Gasteiger charge is 2.21. The zero-order chi connectivity index (χ0) is 13.8. The van der Waals surface area contributed by atoms with Crippen molar-refractivity contribution in [3.63, 3.8) is 0 Å². The molecular formula is C13H19F2N3O. The summed E-state index contributed by atoms with van der Waals surface area (Å²) in [6, 6.07) is 3.52. The van der Waals surface area contributed by atoms with E-state index in [2.05, 4.69) is 5.32 Å². The lowest BCUT2D eigenvalue weighted by atomic mass is 10.2. The van der Waals surface area contributed by atoms with Gasteiger partial charge in [-0.1, -0.05) is 0 Å². The largest absolute Gasteiger partial charge is 0.339 e. The minimum absolute atomic E-state index is 0.209. The van der Waals surface area contributed by atoms with E-state index < -0.39 is 13.0 Å². The smallest absolute Gasteiger partial charge is 0.270 e. The highest BCUT2D eigenvalue weighted by Crippen LogP contribution is 2.11. The van der Waals surface area contributed by atoms with Crippen LogP contribution in [0.4, 0.5) is 8.78 Å². The van der Waals surface area contributed by atoms with E-state index in [1.54, 1.807) is 24.1 Å². The van der Waals surface area contributed by atoms with Gasteiger partial charge in [-0.3, -0.25) is 4.79 Å². The third-order valence-corrected chi connectivity index (χ3v) is 3.39. The van der Waals surface area contributed by atoms with Gasteiger partial charge in [-0.2, -0.15) is 0 Å². The molecule has 0 aliphatic carbocycles. The van der Waals surface area contributed by atoms with Gasteiger partial charge in [0.05, 0.1) is 6.54 Å². The summed E-state index contributed by atoms with van der Waals surface area (Å²) in [5.41, 5.74) is 0.320. The SMILES string of the molecule is CN(CC1CCCN1)C(=O)c1cccn1CC(F)F. The van der Waals surface area contributed by atoms with Crippen molar-refractivity contribution in [2.75, 3.05) is 20.1 Å². The average Bonchev–Trinajstić information content (AvgIpc) is 2.98. The van der Waals surface area contributed by atoms with Crippen LogP contribution in [0, 0.1) is 0 Å². The van der Waals surface area contributed by atoms with Crippen molar-refractivity contribution >= 4 is 5.91 Å². The molecule has 1 aliphatic heterocycles. The lowest BCUT2D eigenvalue weighted by molar-refractivity contribution is 0.0763. The fraction of sp³-hybridized carbons (Fsp3) is 0.615. The van der Waals surface area contributed by atoms with Crippen molar-refractivity contribution in [1.29, 1.82) is 0 Å². The van der Waals surface area contributed by atoms with E-state index in [4.69, 9.17) is 0 Å². The highest BCUT2D eigenvalue weighted by molar-refractivity contribution is 5.92. The minimum Gasteiger partial charge on any atom is -0.339 e. The molecule has 0 spiro atoms. The fourth-order valence-electron chi connectivity index (χ4n) is 2.44. The molecule has 0 bridgehead atoms. The summed E-state index contributed by atoms with van der Waals surface area (Å²) < 4.78 is 26.1. The summed E-state index contributed by atoms with van der Waals surface area (Å²) in [7, 11) is 1.71. The Balaban J connectivity index is 1.99. The van der Waals surface area contributed by atoms with Gasteiger partial charge in [-0.05, 0) is 31.5 Å². The molecule has 19 heavy (non-hydrogen) atoms. The molecule has 1 atom stereocenters. The predicted molar refractivity (Wildman–Crippen MR) is 68.4 cm³/mol. The molecule has 4 nitrogen and oxygen atoms in total. The second-order valence-corrected chi connectivity index (χ2v) is 4.92. The molecule has 1 unspecified atom stereocenters. The van der Waals surface area contributed by atoms with Gasteiger partial charge < -0.3 is 14.8 Å². The van der Waals surface area contributed by atoms with Crippen LogP contribution in [0.25, 0.3) is 0 Å². The molecule has 2 heterocycles. The minimum atomic E-state index is -2.46. The molecule has 0 saturated carbocycles. The van der Waals surface area contributed by atoms with Gasteiger partial charge in [0.1, 0.15) is 5.69 Å². The maximum absolute atomic E-state index is 12.4. The van der Waals surface area contributed by atoms with Crippen LogP contribution in [-0.4, -0.2) is 48.0 Å². The Bertz CT molecular complexity index is 427. The standard InChI is InChI=1S/C13H19F2N3O/c1-17(8-10-4-2-6-16-10)13(19)11-5-3-7-18(11)9-12(14)15/h3,5,7,10,12,16H,2,4,6,8-9H2,1H3. The lowest BCUT2D eigenvalue weighted by Crippen LogP contribution is -2.39. The number of hydrogen-bond acceptors (Lipinski definition) is 2. The number of aromatic nitrogens is 1. The zero-order valence-electron chi connectivity index (χ0n) is 11.0. The maximum atomic E-state index is 12.4. The molecule has 1 aromatic heterocycles. The number of nitrogens with one attached hydrogen (secondary N) is 1. The number of likely N-dealkylation sites (N-methyl/N-ethyl adjacent to an activating group) is 1. The molecule has 0 radical (unpaired) electrons. The van der Waals surface area contributed by atoms with Crippen LogP contribution in [0.3, 0.4) is 0 Å². The van der Waals surface area contributed by atoms with Gasteiger partial charge in [0.25, 0.3) is 12.3 Å². The van der Waals surface area contributed by atoms with E-state index in [-0.39, 0.29) is 5.91 Å². The van der Waals surface area contributed by atoms with E-state index in [9.17, 15) is 13.6 Å². The van der Waals surface area contributed by atoms with Gasteiger partial charge in [0.2, 0.25) is 0 Å². The topological polar surface area (TPSA) is 37.3 Å². The first-order valence-corrected chi connectivity index (χ1v) is 6.50. The molecule has 1 aliphatic rings. The summed E-state index contributed by atoms with van der Waals surface area (Å²) >= 11 is 0. The van der Waals surface area contributed by atoms with Gasteiger partial charge in [-0.15, -0.1) is 0 Å². The van der Waals surface area contributed by atoms with Crippen LogP contribution in [0.15, 0.2) is 18.3 Å². The number of halogens is 2. The number of alkyl halides is 2. The zero-order valence-corrected chi connectivity index (χ0v) is 11.0. The van der Waals surface area contributed by atoms with E-state index >= 15 is 0 Å². The Kier molecular flexibility index (Phi) is 4.52. The van der Waals surface area contributed by atoms with Gasteiger partial charge in [-0.25, -0.2) is 8.78 Å². The van der Waals surface area contributed by atoms with Crippen LogP contribution in [0.2, 0.25) is 0 Å². The van der Waals surface area contributed by atoms with Crippen LogP contribution < -0.4 is 5.32 Å². The number of rotatable bonds is 5. The summed E-state index contributed by atoms with van der Waals surface area (Å²) in [4.78, 5) is 13.8. The first kappa shape index (κ1) is 14.0. The first-order valence-electron chi connectivity index (χ1n) is 6.50. The molecule has 106 valence electrons. The molecule has 2 rings (SSSR count). The third-order valence-electron chi connectivity index (χ3n) is 3.39. The van der Waals surface area contributed by atoms with Crippen molar-refractivity contribution in [2.24, 2.45) is 0 Å². The normalized spacial score (nSPS) is 19.1. The first-order chi connectivity index (χ1) is 9.08. The van der Waals surface area contributed by atoms with Crippen LogP contribution >= 0.6 is 0 Å². The van der Waals surface area contributed by atoms with E-state index in [1.165, 1.54) is 10.8 Å². The van der Waals surface area contributed by atoms with Crippen molar-refractivity contribution < 1.29 is 13.6 Å². The second-order valence-electron chi connectivity index (χ2n) is 4.92. The predicted octanol–water partition coefficient (Wildman–Crippen LogP) is 1.58. The number of carbonyl (C=O) groups is 1. The van der Waals surface area contributed by atoms with Crippen molar-refractivity contribution in [2.45, 2.75) is 31.9 Å². The van der Waals surface area contributed by atoms with E-state index in [0.717, 1.165) is 19.4 Å². The number of nitrogens with zero attached hydrogens (tertiary/aromatic N) is 2. The molecule has 1 amide bonds. The molecule has 1 saturated heterocycles. The number of carbonyl (C=O) groups excluding carboxylic acids is 1. The summed E-state index contributed by atoms with van der Waals surface area (Å²) in [5, 5.41) is 3.31. The van der Waals surface area contributed by atoms with E-state index in [1.807, 2.05) is 0 Å². The summed E-state index contributed by atoms with van der Waals surface area (Å²) in [6.45, 7) is 1.15. The van der Waals surface area contributed by atoms with Gasteiger partial charge >= 0.3 is 0 Å². The Morgan fingerprint density at radius 2 is 2.42 bits per heavy atom. The Labute approximate surface area is 111 Å². The molecule has 0 aromatic carbocycles. The lowest BCUT2D eigenvalue weighted by Gasteiger charge is -2.22. The average molecular weight is 271 g/mol. The molecule has 1 fully saturated rings. The van der Waals surface area contributed by atoms with Crippen LogP contribution in [0.1, 0.15) is 23.3 Å². The third kappa shape index (κ3) is 3.53. The number of hydrogen-bond donors (Lipinski definition) is 1. The summed E-state index contributed by atoms with van der Waals surface area (Å²) in [6.07, 6.45) is 1.23. The number of amides is 1. The van der Waals surface area contributed by atoms with Crippen molar-refractivity contribution in [3.05, 3.63) is 24.0 Å². The van der Waals surface area contributed by atoms with Gasteiger partial charge in [0.15, 0.2) is 0 Å². The Morgan fingerprint density at radius 3 is 3.05 bits per heavy atom. The van der Waals surface area contributed by atoms with E-state index in [0.29, 0.717) is 18.3 Å². The van der Waals surface area contributed by atoms with Gasteiger partial charge in [0, 0.05) is 25.8 Å². The monoisotopic (exact) mass is 271 g/mol. The maximum Gasteiger partial charge on any atom is 0.270 e. The fourth-order valence-corrected chi connectivity index (χ4v) is 2.44. The van der Waals surface area contributed by atoms with Crippen LogP contribution in [0.5, 0.6) is 0 Å². The summed E-state index contributed by atoms with van der Waals surface area (Å²) in [5.74, 6) is -0.209. The molecule has 6 heteroatoms. The van der Waals surface area contributed by atoms with Crippen molar-refractivity contribution in [1.82, 2.24) is 14.8 Å². The Morgan fingerprint density at radius 1 is 1.63 bits per heavy atom. The molecular weight excluding hydrogens is 252 g/mol. The highest BCUT2D eigenvalue weighted by atomic mass is 19.3. The molecule has 1 N–H and O–H groups in total. The molecule has 1 aromatic rings. The van der Waals surface area contributed by atoms with Crippen LogP contribution in [-0.2, 0) is 6.54 Å². The quantitative estimate of drug-likeness (QED) is 0.883. The second kappa shape index (κ2) is 6.14. The Hall–Kier alpha value is -1.43.